The van der Waals surface area contributed by atoms with Gasteiger partial charge in [0, 0.05) is 11.4 Å². The highest BCUT2D eigenvalue weighted by Gasteiger charge is 2.51. The fourth-order valence-corrected chi connectivity index (χ4v) is 3.35. The number of carbonyl (C=O) groups excluding carboxylic acids is 2. The van der Waals surface area contributed by atoms with Crippen molar-refractivity contribution in [2.45, 2.75) is 25.8 Å². The number of likely N-dealkylation sites (tertiary alicyclic amines) is 1. The number of piperidine rings is 1. The molecule has 2 fully saturated rings. The summed E-state index contributed by atoms with van der Waals surface area (Å²) in [6.07, 6.45) is 1.86. The van der Waals surface area contributed by atoms with Crippen LogP contribution in [-0.4, -0.2) is 29.8 Å². The zero-order valence-corrected chi connectivity index (χ0v) is 11.9. The first kappa shape index (κ1) is 13.6. The first-order valence-corrected chi connectivity index (χ1v) is 7.28. The van der Waals surface area contributed by atoms with E-state index in [-0.39, 0.29) is 11.8 Å². The standard InChI is InChI=1S/C15H17ClN2O2/c16-12-3-1-2-11(8-12)10-18-13(19)9-15(14(18)20)4-6-17-7-5-15/h1-3,8,17H,4-7,9-10H2. The van der Waals surface area contributed by atoms with Crippen LogP contribution in [0.1, 0.15) is 24.8 Å². The summed E-state index contributed by atoms with van der Waals surface area (Å²) < 4.78 is 0. The second-order valence-electron chi connectivity index (χ2n) is 5.62. The number of imide groups is 1. The van der Waals surface area contributed by atoms with Gasteiger partial charge in [0.15, 0.2) is 0 Å². The number of carbonyl (C=O) groups is 2. The quantitative estimate of drug-likeness (QED) is 0.848. The minimum absolute atomic E-state index is 0.0102. The van der Waals surface area contributed by atoms with Crippen molar-refractivity contribution < 1.29 is 9.59 Å². The molecule has 3 rings (SSSR count). The lowest BCUT2D eigenvalue weighted by molar-refractivity contribution is -0.142. The van der Waals surface area contributed by atoms with E-state index < -0.39 is 5.41 Å². The van der Waals surface area contributed by atoms with Gasteiger partial charge in [0.25, 0.3) is 0 Å². The van der Waals surface area contributed by atoms with Crippen LogP contribution in [0.2, 0.25) is 5.02 Å². The molecule has 2 heterocycles. The summed E-state index contributed by atoms with van der Waals surface area (Å²) in [5, 5.41) is 3.87. The SMILES string of the molecule is O=C1CC2(CCNCC2)C(=O)N1Cc1cccc(Cl)c1. The van der Waals surface area contributed by atoms with E-state index >= 15 is 0 Å². The maximum Gasteiger partial charge on any atom is 0.236 e. The molecule has 0 saturated carbocycles. The molecule has 1 aromatic carbocycles. The van der Waals surface area contributed by atoms with Crippen LogP contribution < -0.4 is 5.32 Å². The van der Waals surface area contributed by atoms with E-state index in [0.717, 1.165) is 31.5 Å². The van der Waals surface area contributed by atoms with Crippen LogP contribution in [0.5, 0.6) is 0 Å². The van der Waals surface area contributed by atoms with E-state index in [1.807, 2.05) is 12.1 Å². The molecule has 1 N–H and O–H groups in total. The summed E-state index contributed by atoms with van der Waals surface area (Å²) in [6, 6.07) is 7.31. The van der Waals surface area contributed by atoms with Crippen molar-refractivity contribution in [1.82, 2.24) is 10.2 Å². The number of hydrogen-bond acceptors (Lipinski definition) is 3. The highest BCUT2D eigenvalue weighted by molar-refractivity contribution is 6.30. The van der Waals surface area contributed by atoms with Gasteiger partial charge in [-0.25, -0.2) is 0 Å². The van der Waals surface area contributed by atoms with Gasteiger partial charge in [-0.15, -0.1) is 0 Å². The van der Waals surface area contributed by atoms with Crippen LogP contribution in [0, 0.1) is 5.41 Å². The van der Waals surface area contributed by atoms with E-state index in [4.69, 9.17) is 11.6 Å². The van der Waals surface area contributed by atoms with E-state index in [9.17, 15) is 9.59 Å². The van der Waals surface area contributed by atoms with E-state index in [2.05, 4.69) is 5.32 Å². The summed E-state index contributed by atoms with van der Waals surface area (Å²) in [5.74, 6) is -0.0687. The Morgan fingerprint density at radius 3 is 2.70 bits per heavy atom. The maximum absolute atomic E-state index is 12.6. The minimum atomic E-state index is -0.457. The molecule has 0 aromatic heterocycles. The summed E-state index contributed by atoms with van der Waals surface area (Å²) >= 11 is 5.95. The lowest BCUT2D eigenvalue weighted by atomic mass is 9.77. The van der Waals surface area contributed by atoms with Gasteiger partial charge in [-0.1, -0.05) is 23.7 Å². The largest absolute Gasteiger partial charge is 0.317 e. The molecule has 0 radical (unpaired) electrons. The van der Waals surface area contributed by atoms with Crippen molar-refractivity contribution in [2.75, 3.05) is 13.1 Å². The third-order valence-corrected chi connectivity index (χ3v) is 4.51. The van der Waals surface area contributed by atoms with Crippen molar-refractivity contribution in [2.24, 2.45) is 5.41 Å². The predicted molar refractivity (Wildman–Crippen MR) is 76.2 cm³/mol. The maximum atomic E-state index is 12.6. The van der Waals surface area contributed by atoms with Crippen LogP contribution in [0.15, 0.2) is 24.3 Å². The van der Waals surface area contributed by atoms with Gasteiger partial charge in [-0.2, -0.15) is 0 Å². The Bertz CT molecular complexity index is 553. The molecule has 1 spiro atoms. The zero-order valence-electron chi connectivity index (χ0n) is 11.2. The molecule has 20 heavy (non-hydrogen) atoms. The minimum Gasteiger partial charge on any atom is -0.317 e. The van der Waals surface area contributed by atoms with Crippen LogP contribution in [0.4, 0.5) is 0 Å². The highest BCUT2D eigenvalue weighted by atomic mass is 35.5. The Kier molecular flexibility index (Phi) is 3.52. The normalized spacial score (nSPS) is 21.8. The Morgan fingerprint density at radius 1 is 1.25 bits per heavy atom. The van der Waals surface area contributed by atoms with E-state index in [1.165, 1.54) is 4.90 Å². The first-order chi connectivity index (χ1) is 9.61. The van der Waals surface area contributed by atoms with E-state index in [1.54, 1.807) is 12.1 Å². The number of halogens is 1. The molecule has 4 nitrogen and oxygen atoms in total. The molecule has 2 aliphatic heterocycles. The summed E-state index contributed by atoms with van der Waals surface area (Å²) in [6.45, 7) is 1.95. The summed E-state index contributed by atoms with van der Waals surface area (Å²) in [4.78, 5) is 26.2. The van der Waals surface area contributed by atoms with Crippen molar-refractivity contribution in [1.29, 1.82) is 0 Å². The predicted octanol–water partition coefficient (Wildman–Crippen LogP) is 1.97. The smallest absolute Gasteiger partial charge is 0.236 e. The van der Waals surface area contributed by atoms with Gasteiger partial charge in [-0.3, -0.25) is 14.5 Å². The van der Waals surface area contributed by atoms with Gasteiger partial charge in [-0.05, 0) is 43.6 Å². The fraction of sp³-hybridized carbons (Fsp3) is 0.467. The highest BCUT2D eigenvalue weighted by Crippen LogP contribution is 2.41. The molecule has 0 atom stereocenters. The number of rotatable bonds is 2. The molecule has 5 heteroatoms. The number of benzene rings is 1. The molecule has 2 aliphatic rings. The average molecular weight is 293 g/mol. The molecule has 0 bridgehead atoms. The Labute approximate surface area is 123 Å². The third kappa shape index (κ3) is 2.34. The molecule has 2 saturated heterocycles. The first-order valence-electron chi connectivity index (χ1n) is 6.91. The Morgan fingerprint density at radius 2 is 2.00 bits per heavy atom. The van der Waals surface area contributed by atoms with Crippen molar-refractivity contribution in [3.05, 3.63) is 34.9 Å². The monoisotopic (exact) mass is 292 g/mol. The van der Waals surface area contributed by atoms with Crippen LogP contribution in [-0.2, 0) is 16.1 Å². The van der Waals surface area contributed by atoms with Crippen LogP contribution in [0.25, 0.3) is 0 Å². The fourth-order valence-electron chi connectivity index (χ4n) is 3.13. The second kappa shape index (κ2) is 5.19. The molecule has 2 amide bonds. The van der Waals surface area contributed by atoms with E-state index in [0.29, 0.717) is 18.0 Å². The lowest BCUT2D eigenvalue weighted by Crippen LogP contribution is -2.42. The number of amides is 2. The van der Waals surface area contributed by atoms with Crippen molar-refractivity contribution >= 4 is 23.4 Å². The van der Waals surface area contributed by atoms with Gasteiger partial charge >= 0.3 is 0 Å². The topological polar surface area (TPSA) is 49.4 Å². The lowest BCUT2D eigenvalue weighted by Gasteiger charge is -2.31. The number of hydrogen-bond donors (Lipinski definition) is 1. The molecule has 0 unspecified atom stereocenters. The molecule has 1 aromatic rings. The molecule has 0 aliphatic carbocycles. The van der Waals surface area contributed by atoms with Crippen LogP contribution in [0.3, 0.4) is 0 Å². The number of nitrogens with zero attached hydrogens (tertiary/aromatic N) is 1. The van der Waals surface area contributed by atoms with Crippen molar-refractivity contribution in [3.63, 3.8) is 0 Å². The molecule has 106 valence electrons. The van der Waals surface area contributed by atoms with Gasteiger partial charge in [0.2, 0.25) is 11.8 Å². The number of nitrogens with one attached hydrogen (secondary N) is 1. The second-order valence-corrected chi connectivity index (χ2v) is 6.06. The van der Waals surface area contributed by atoms with Gasteiger partial charge in [0.05, 0.1) is 12.0 Å². The third-order valence-electron chi connectivity index (χ3n) is 4.28. The zero-order chi connectivity index (χ0) is 14.2. The molecular formula is C15H17ClN2O2. The average Bonchev–Trinajstić information content (AvgIpc) is 2.64. The Hall–Kier alpha value is -1.39. The Balaban J connectivity index is 1.80. The molecular weight excluding hydrogens is 276 g/mol. The van der Waals surface area contributed by atoms with Crippen LogP contribution >= 0.6 is 11.6 Å². The summed E-state index contributed by atoms with van der Waals surface area (Å²) in [7, 11) is 0. The summed E-state index contributed by atoms with van der Waals surface area (Å²) in [5.41, 5.74) is 0.436. The van der Waals surface area contributed by atoms with Crippen molar-refractivity contribution in [3.8, 4) is 0 Å². The van der Waals surface area contributed by atoms with Gasteiger partial charge < -0.3 is 5.32 Å². The van der Waals surface area contributed by atoms with Gasteiger partial charge in [0.1, 0.15) is 0 Å².